The van der Waals surface area contributed by atoms with E-state index in [0.717, 1.165) is 41.5 Å². The van der Waals surface area contributed by atoms with Crippen molar-refractivity contribution < 1.29 is 4.74 Å². The number of hydrogen-bond donors (Lipinski definition) is 0. The number of rotatable bonds is 5. The van der Waals surface area contributed by atoms with Crippen LogP contribution in [0, 0.1) is 17.8 Å². The smallest absolute Gasteiger partial charge is 0.119 e. The second kappa shape index (κ2) is 7.70. The highest BCUT2D eigenvalue weighted by Gasteiger charge is 2.30. The van der Waals surface area contributed by atoms with Gasteiger partial charge in [-0.15, -0.1) is 11.6 Å². The Morgan fingerprint density at radius 2 is 1.95 bits per heavy atom. The zero-order valence-electron chi connectivity index (χ0n) is 12.3. The van der Waals surface area contributed by atoms with Gasteiger partial charge in [-0.25, -0.2) is 0 Å². The molecular formula is C17H24BrClO. The molecule has 0 radical (unpaired) electrons. The largest absolute Gasteiger partial charge is 0.494 e. The molecule has 1 nitrogen and oxygen atoms in total. The van der Waals surface area contributed by atoms with E-state index >= 15 is 0 Å². The minimum Gasteiger partial charge on any atom is -0.494 e. The van der Waals surface area contributed by atoms with Crippen molar-refractivity contribution in [1.29, 1.82) is 0 Å². The maximum atomic E-state index is 6.49. The van der Waals surface area contributed by atoms with Gasteiger partial charge in [0.1, 0.15) is 5.75 Å². The third-order valence-electron chi connectivity index (χ3n) is 4.44. The van der Waals surface area contributed by atoms with Crippen molar-refractivity contribution >= 4 is 27.5 Å². The van der Waals surface area contributed by atoms with Crippen LogP contribution in [-0.4, -0.2) is 12.0 Å². The highest BCUT2D eigenvalue weighted by atomic mass is 79.9. The Kier molecular flexibility index (Phi) is 6.22. The minimum atomic E-state index is 0.332. The van der Waals surface area contributed by atoms with Gasteiger partial charge < -0.3 is 4.74 Å². The quantitative estimate of drug-likeness (QED) is 0.595. The van der Waals surface area contributed by atoms with Gasteiger partial charge in [0, 0.05) is 9.85 Å². The maximum Gasteiger partial charge on any atom is 0.119 e. The summed E-state index contributed by atoms with van der Waals surface area (Å²) in [6.45, 7) is 5.42. The van der Waals surface area contributed by atoms with Gasteiger partial charge in [0.15, 0.2) is 0 Å². The number of alkyl halides is 1. The lowest BCUT2D eigenvalue weighted by molar-refractivity contribution is 0.185. The first-order valence-electron chi connectivity index (χ1n) is 7.58. The lowest BCUT2D eigenvalue weighted by atomic mass is 9.75. The summed E-state index contributed by atoms with van der Waals surface area (Å²) in [5, 5.41) is 0.332. The van der Waals surface area contributed by atoms with Crippen LogP contribution >= 0.6 is 27.5 Å². The first-order valence-corrected chi connectivity index (χ1v) is 8.81. The summed E-state index contributed by atoms with van der Waals surface area (Å²) in [5.41, 5.74) is 0. The first-order chi connectivity index (χ1) is 9.56. The van der Waals surface area contributed by atoms with Crippen molar-refractivity contribution in [1.82, 2.24) is 0 Å². The normalized spacial score (nSPS) is 26.8. The van der Waals surface area contributed by atoms with Gasteiger partial charge in [-0.3, -0.25) is 0 Å². The summed E-state index contributed by atoms with van der Waals surface area (Å²) in [4.78, 5) is 0. The molecule has 0 heterocycles. The molecule has 3 atom stereocenters. The van der Waals surface area contributed by atoms with Crippen LogP contribution < -0.4 is 4.74 Å². The van der Waals surface area contributed by atoms with E-state index in [-0.39, 0.29) is 0 Å². The van der Waals surface area contributed by atoms with E-state index < -0.39 is 0 Å². The molecule has 1 aliphatic rings. The van der Waals surface area contributed by atoms with Crippen LogP contribution in [0.25, 0.3) is 0 Å². The van der Waals surface area contributed by atoms with E-state index in [4.69, 9.17) is 16.3 Å². The number of benzene rings is 1. The lowest BCUT2D eigenvalue weighted by Crippen LogP contribution is -2.29. The van der Waals surface area contributed by atoms with Crippen molar-refractivity contribution in [2.45, 2.75) is 44.9 Å². The third kappa shape index (κ3) is 4.66. The van der Waals surface area contributed by atoms with Crippen LogP contribution in [0.4, 0.5) is 0 Å². The molecule has 0 spiro atoms. The van der Waals surface area contributed by atoms with Gasteiger partial charge in [0.25, 0.3) is 0 Å². The fourth-order valence-corrected chi connectivity index (χ4v) is 3.65. The molecule has 112 valence electrons. The van der Waals surface area contributed by atoms with Gasteiger partial charge in [0.2, 0.25) is 0 Å². The van der Waals surface area contributed by atoms with Crippen molar-refractivity contribution in [3.8, 4) is 5.75 Å². The monoisotopic (exact) mass is 358 g/mol. The highest BCUT2D eigenvalue weighted by Crippen LogP contribution is 2.38. The van der Waals surface area contributed by atoms with Crippen LogP contribution in [0.15, 0.2) is 28.7 Å². The Labute approximate surface area is 136 Å². The van der Waals surface area contributed by atoms with E-state index in [9.17, 15) is 0 Å². The highest BCUT2D eigenvalue weighted by molar-refractivity contribution is 9.10. The Morgan fingerprint density at radius 1 is 1.25 bits per heavy atom. The molecule has 20 heavy (non-hydrogen) atoms. The van der Waals surface area contributed by atoms with Gasteiger partial charge in [-0.1, -0.05) is 29.8 Å². The molecule has 0 bridgehead atoms. The topological polar surface area (TPSA) is 9.23 Å². The molecule has 1 aliphatic carbocycles. The predicted octanol–water partition coefficient (Wildman–Crippen LogP) is 5.90. The Morgan fingerprint density at radius 3 is 2.60 bits per heavy atom. The van der Waals surface area contributed by atoms with Crippen molar-refractivity contribution in [2.75, 3.05) is 6.61 Å². The summed E-state index contributed by atoms with van der Waals surface area (Å²) >= 11 is 9.92. The van der Waals surface area contributed by atoms with Crippen LogP contribution in [-0.2, 0) is 0 Å². The average molecular weight is 360 g/mol. The van der Waals surface area contributed by atoms with Crippen molar-refractivity contribution in [2.24, 2.45) is 17.8 Å². The standard InChI is InChI=1S/C17H24BrClO/c1-12(2)13-3-8-17(19)14(11-13)9-10-20-16-6-4-15(18)5-7-16/h4-7,12-14,17H,3,8-11H2,1-2H3. The van der Waals surface area contributed by atoms with Crippen LogP contribution in [0.3, 0.4) is 0 Å². The second-order valence-corrected chi connectivity index (χ2v) is 7.66. The van der Waals surface area contributed by atoms with E-state index in [0.29, 0.717) is 11.3 Å². The molecule has 1 fully saturated rings. The zero-order valence-corrected chi connectivity index (χ0v) is 14.7. The number of halogens is 2. The molecule has 0 aromatic heterocycles. The molecule has 3 unspecified atom stereocenters. The van der Waals surface area contributed by atoms with Gasteiger partial charge in [-0.05, 0) is 67.7 Å². The van der Waals surface area contributed by atoms with Crippen LogP contribution in [0.5, 0.6) is 5.75 Å². The first kappa shape index (κ1) is 16.2. The molecule has 0 amide bonds. The van der Waals surface area contributed by atoms with Gasteiger partial charge in [-0.2, -0.15) is 0 Å². The molecule has 1 aromatic carbocycles. The predicted molar refractivity (Wildman–Crippen MR) is 89.6 cm³/mol. The summed E-state index contributed by atoms with van der Waals surface area (Å²) in [7, 11) is 0. The zero-order chi connectivity index (χ0) is 14.5. The summed E-state index contributed by atoms with van der Waals surface area (Å²) in [6, 6.07) is 8.02. The van der Waals surface area contributed by atoms with Crippen molar-refractivity contribution in [3.63, 3.8) is 0 Å². The van der Waals surface area contributed by atoms with E-state index in [1.807, 2.05) is 24.3 Å². The van der Waals surface area contributed by atoms with E-state index in [1.165, 1.54) is 12.8 Å². The molecule has 2 rings (SSSR count). The van der Waals surface area contributed by atoms with Crippen molar-refractivity contribution in [3.05, 3.63) is 28.7 Å². The van der Waals surface area contributed by atoms with Gasteiger partial charge in [0.05, 0.1) is 6.61 Å². The van der Waals surface area contributed by atoms with E-state index in [1.54, 1.807) is 0 Å². The van der Waals surface area contributed by atoms with Crippen LogP contribution in [0.1, 0.15) is 39.5 Å². The molecule has 1 saturated carbocycles. The maximum absolute atomic E-state index is 6.49. The lowest BCUT2D eigenvalue weighted by Gasteiger charge is -2.35. The molecule has 0 aliphatic heterocycles. The summed E-state index contributed by atoms with van der Waals surface area (Å²) in [6.07, 6.45) is 4.77. The number of ether oxygens (including phenoxy) is 1. The minimum absolute atomic E-state index is 0.332. The Hall–Kier alpha value is -0.210. The van der Waals surface area contributed by atoms with Gasteiger partial charge >= 0.3 is 0 Å². The SMILES string of the molecule is CC(C)C1CCC(Cl)C(CCOc2ccc(Br)cc2)C1. The summed E-state index contributed by atoms with van der Waals surface area (Å²) < 4.78 is 6.91. The molecule has 1 aromatic rings. The Bertz CT molecular complexity index is 404. The second-order valence-electron chi connectivity index (χ2n) is 6.18. The fourth-order valence-electron chi connectivity index (χ4n) is 3.03. The fraction of sp³-hybridized carbons (Fsp3) is 0.647. The third-order valence-corrected chi connectivity index (χ3v) is 5.55. The Balaban J connectivity index is 1.78. The summed E-state index contributed by atoms with van der Waals surface area (Å²) in [5.74, 6) is 3.15. The van der Waals surface area contributed by atoms with Crippen LogP contribution in [0.2, 0.25) is 0 Å². The molecular weight excluding hydrogens is 336 g/mol. The molecule has 0 saturated heterocycles. The average Bonchev–Trinajstić information content (AvgIpc) is 2.43. The molecule has 0 N–H and O–H groups in total. The number of hydrogen-bond acceptors (Lipinski definition) is 1. The molecule has 3 heteroatoms. The van der Waals surface area contributed by atoms with E-state index in [2.05, 4.69) is 29.8 Å².